The summed E-state index contributed by atoms with van der Waals surface area (Å²) >= 11 is 0. The van der Waals surface area contributed by atoms with Gasteiger partial charge in [-0.15, -0.1) is 0 Å². The fourth-order valence-electron chi connectivity index (χ4n) is 2.45. The van der Waals surface area contributed by atoms with E-state index in [1.54, 1.807) is 6.07 Å². The average molecular weight is 328 g/mol. The van der Waals surface area contributed by atoms with Gasteiger partial charge in [-0.05, 0) is 17.7 Å². The highest BCUT2D eigenvalue weighted by Crippen LogP contribution is 2.36. The second kappa shape index (κ2) is 7.14. The van der Waals surface area contributed by atoms with Gasteiger partial charge in [-0.3, -0.25) is 4.79 Å². The van der Waals surface area contributed by atoms with Gasteiger partial charge in [0.1, 0.15) is 37.1 Å². The number of aliphatic hydroxyl groups is 3. The zero-order chi connectivity index (χ0) is 17.1. The molecule has 4 N–H and O–H groups in total. The molecule has 8 heteroatoms. The fourth-order valence-corrected chi connectivity index (χ4v) is 2.45. The van der Waals surface area contributed by atoms with Crippen molar-refractivity contribution < 1.29 is 39.4 Å². The molecule has 1 aliphatic heterocycles. The molecule has 1 aliphatic rings. The van der Waals surface area contributed by atoms with E-state index in [1.165, 1.54) is 26.2 Å². The molecule has 0 spiro atoms. The molecule has 5 unspecified atom stereocenters. The van der Waals surface area contributed by atoms with E-state index in [4.69, 9.17) is 14.2 Å². The van der Waals surface area contributed by atoms with E-state index in [9.17, 15) is 25.2 Å². The van der Waals surface area contributed by atoms with E-state index in [1.807, 2.05) is 0 Å². The van der Waals surface area contributed by atoms with Gasteiger partial charge in [0.2, 0.25) is 0 Å². The van der Waals surface area contributed by atoms with Crippen molar-refractivity contribution in [2.45, 2.75) is 37.4 Å². The Morgan fingerprint density at radius 2 is 1.91 bits per heavy atom. The third-order valence-corrected chi connectivity index (χ3v) is 3.69. The van der Waals surface area contributed by atoms with Crippen LogP contribution in [0.5, 0.6) is 11.5 Å². The number of hydrogen-bond acceptors (Lipinski definition) is 8. The van der Waals surface area contributed by atoms with Crippen LogP contribution in [0.2, 0.25) is 0 Å². The maximum Gasteiger partial charge on any atom is 0.302 e. The number of carbonyl (C=O) groups is 1. The summed E-state index contributed by atoms with van der Waals surface area (Å²) in [5.41, 5.74) is 0.384. The molecule has 5 atom stereocenters. The molecule has 0 aromatic heterocycles. The molecule has 128 valence electrons. The van der Waals surface area contributed by atoms with Gasteiger partial charge in [-0.1, -0.05) is 6.07 Å². The van der Waals surface area contributed by atoms with E-state index in [0.717, 1.165) is 0 Å². The highest BCUT2D eigenvalue weighted by Gasteiger charge is 2.44. The number of benzene rings is 1. The molecule has 0 bridgehead atoms. The number of aliphatic hydroxyl groups excluding tert-OH is 3. The third-order valence-electron chi connectivity index (χ3n) is 3.69. The normalized spacial score (nSPS) is 30.7. The average Bonchev–Trinajstić information content (AvgIpc) is 2.52. The number of rotatable bonds is 4. The number of hydrogen-bond donors (Lipinski definition) is 4. The zero-order valence-corrected chi connectivity index (χ0v) is 12.7. The SMILES string of the molecule is COc1ccc(C2OC(COC(C)=O)C(O)C(O)C2O)cc1O. The Hall–Kier alpha value is -1.87. The summed E-state index contributed by atoms with van der Waals surface area (Å²) in [4.78, 5) is 10.9. The van der Waals surface area contributed by atoms with Gasteiger partial charge in [0, 0.05) is 6.92 Å². The minimum Gasteiger partial charge on any atom is -0.504 e. The number of esters is 1. The Labute approximate surface area is 132 Å². The standard InChI is InChI=1S/C15H20O8/c1-7(16)22-6-11-12(18)13(19)14(20)15(23-11)8-3-4-10(21-2)9(17)5-8/h3-5,11-15,17-20H,6H2,1-2H3. The Balaban J connectivity index is 2.22. The first kappa shape index (κ1) is 17.5. The Kier molecular flexibility index (Phi) is 5.42. The van der Waals surface area contributed by atoms with Crippen LogP contribution in [0.25, 0.3) is 0 Å². The van der Waals surface area contributed by atoms with Crippen molar-refractivity contribution in [1.82, 2.24) is 0 Å². The smallest absolute Gasteiger partial charge is 0.302 e. The molecule has 0 saturated carbocycles. The topological polar surface area (TPSA) is 126 Å². The van der Waals surface area contributed by atoms with Gasteiger partial charge in [0.15, 0.2) is 11.5 Å². The van der Waals surface area contributed by atoms with E-state index >= 15 is 0 Å². The summed E-state index contributed by atoms with van der Waals surface area (Å²) in [6.45, 7) is 0.943. The Bertz CT molecular complexity index is 560. The van der Waals surface area contributed by atoms with Crippen molar-refractivity contribution in [2.24, 2.45) is 0 Å². The zero-order valence-electron chi connectivity index (χ0n) is 12.7. The van der Waals surface area contributed by atoms with Crippen LogP contribution in [0.1, 0.15) is 18.6 Å². The first-order valence-corrected chi connectivity index (χ1v) is 7.05. The lowest BCUT2D eigenvalue weighted by molar-refractivity contribution is -0.234. The van der Waals surface area contributed by atoms with Crippen molar-refractivity contribution in [2.75, 3.05) is 13.7 Å². The highest BCUT2D eigenvalue weighted by molar-refractivity contribution is 5.65. The molecule has 23 heavy (non-hydrogen) atoms. The van der Waals surface area contributed by atoms with Crippen LogP contribution in [0, 0.1) is 0 Å². The van der Waals surface area contributed by atoms with E-state index in [0.29, 0.717) is 5.56 Å². The molecule has 1 aromatic carbocycles. The minimum atomic E-state index is -1.49. The lowest BCUT2D eigenvalue weighted by atomic mass is 9.91. The van der Waals surface area contributed by atoms with Crippen LogP contribution in [-0.2, 0) is 14.3 Å². The van der Waals surface area contributed by atoms with Gasteiger partial charge >= 0.3 is 5.97 Å². The minimum absolute atomic E-state index is 0.155. The number of ether oxygens (including phenoxy) is 3. The summed E-state index contributed by atoms with van der Waals surface area (Å²) < 4.78 is 15.3. The van der Waals surface area contributed by atoms with Crippen molar-refractivity contribution in [3.8, 4) is 11.5 Å². The van der Waals surface area contributed by atoms with Gasteiger partial charge in [0.25, 0.3) is 0 Å². The lowest BCUT2D eigenvalue weighted by Gasteiger charge is -2.40. The van der Waals surface area contributed by atoms with Gasteiger partial charge < -0.3 is 34.6 Å². The summed E-state index contributed by atoms with van der Waals surface area (Å²) in [7, 11) is 1.40. The summed E-state index contributed by atoms with van der Waals surface area (Å²) in [5, 5.41) is 39.8. The second-order valence-electron chi connectivity index (χ2n) is 5.30. The molecule has 0 aliphatic carbocycles. The molecule has 8 nitrogen and oxygen atoms in total. The largest absolute Gasteiger partial charge is 0.504 e. The molecule has 1 heterocycles. The highest BCUT2D eigenvalue weighted by atomic mass is 16.6. The maximum atomic E-state index is 10.9. The monoisotopic (exact) mass is 328 g/mol. The molecule has 0 amide bonds. The van der Waals surface area contributed by atoms with Gasteiger partial charge in [-0.25, -0.2) is 0 Å². The van der Waals surface area contributed by atoms with Crippen LogP contribution in [-0.4, -0.2) is 64.5 Å². The molecule has 1 fully saturated rings. The maximum absolute atomic E-state index is 10.9. The molecule has 2 rings (SSSR count). The number of carbonyl (C=O) groups excluding carboxylic acids is 1. The van der Waals surface area contributed by atoms with Crippen molar-refractivity contribution >= 4 is 5.97 Å². The van der Waals surface area contributed by atoms with Crippen molar-refractivity contribution in [3.63, 3.8) is 0 Å². The Morgan fingerprint density at radius 3 is 2.48 bits per heavy atom. The van der Waals surface area contributed by atoms with Crippen LogP contribution in [0.3, 0.4) is 0 Å². The van der Waals surface area contributed by atoms with Crippen LogP contribution in [0.15, 0.2) is 18.2 Å². The van der Waals surface area contributed by atoms with Crippen molar-refractivity contribution in [1.29, 1.82) is 0 Å². The molecule has 0 radical (unpaired) electrons. The quantitative estimate of drug-likeness (QED) is 0.544. The lowest BCUT2D eigenvalue weighted by Crippen LogP contribution is -2.55. The van der Waals surface area contributed by atoms with Crippen LogP contribution < -0.4 is 4.74 Å². The van der Waals surface area contributed by atoms with E-state index < -0.39 is 36.5 Å². The second-order valence-corrected chi connectivity index (χ2v) is 5.30. The first-order valence-electron chi connectivity index (χ1n) is 7.05. The van der Waals surface area contributed by atoms with Crippen LogP contribution >= 0.6 is 0 Å². The predicted octanol–water partition coefficient (Wildman–Crippen LogP) is -0.514. The number of methoxy groups -OCH3 is 1. The summed E-state index contributed by atoms with van der Waals surface area (Å²) in [5.74, 6) is -0.464. The fraction of sp³-hybridized carbons (Fsp3) is 0.533. The van der Waals surface area contributed by atoms with Gasteiger partial charge in [0.05, 0.1) is 7.11 Å². The van der Waals surface area contributed by atoms with Gasteiger partial charge in [-0.2, -0.15) is 0 Å². The predicted molar refractivity (Wildman–Crippen MR) is 76.9 cm³/mol. The number of phenolic OH excluding ortho intramolecular Hbond substituents is 1. The summed E-state index contributed by atoms with van der Waals surface area (Å²) in [6, 6.07) is 4.37. The molecular weight excluding hydrogens is 308 g/mol. The van der Waals surface area contributed by atoms with Crippen LogP contribution in [0.4, 0.5) is 0 Å². The van der Waals surface area contributed by atoms with E-state index in [-0.39, 0.29) is 18.1 Å². The first-order chi connectivity index (χ1) is 10.8. The Morgan fingerprint density at radius 1 is 1.22 bits per heavy atom. The molecular formula is C15H20O8. The number of aromatic hydroxyl groups is 1. The van der Waals surface area contributed by atoms with Crippen molar-refractivity contribution in [3.05, 3.63) is 23.8 Å². The third kappa shape index (κ3) is 3.73. The summed E-state index contributed by atoms with van der Waals surface area (Å²) in [6.07, 6.45) is -6.32. The number of phenols is 1. The molecule has 1 aromatic rings. The van der Waals surface area contributed by atoms with E-state index in [2.05, 4.69) is 0 Å². The molecule has 1 saturated heterocycles.